The summed E-state index contributed by atoms with van der Waals surface area (Å²) in [7, 11) is -3.44. The van der Waals surface area contributed by atoms with Crippen molar-refractivity contribution in [3.05, 3.63) is 96.1 Å². The summed E-state index contributed by atoms with van der Waals surface area (Å²) in [5.74, 6) is 0.418. The van der Waals surface area contributed by atoms with Crippen LogP contribution in [-0.4, -0.2) is 56.3 Å². The predicted molar refractivity (Wildman–Crippen MR) is 138 cm³/mol. The van der Waals surface area contributed by atoms with Crippen molar-refractivity contribution in [1.82, 2.24) is 9.21 Å². The fraction of sp³-hybridized carbons (Fsp3) is 0.296. The molecule has 1 heterocycles. The summed E-state index contributed by atoms with van der Waals surface area (Å²) in [6.07, 6.45) is 0. The second-order valence-electron chi connectivity index (χ2n) is 8.41. The van der Waals surface area contributed by atoms with Gasteiger partial charge in [0, 0.05) is 26.2 Å². The predicted octanol–water partition coefficient (Wildman–Crippen LogP) is 3.91. The van der Waals surface area contributed by atoms with Gasteiger partial charge in [-0.15, -0.1) is 0 Å². The lowest BCUT2D eigenvalue weighted by Crippen LogP contribution is -2.51. The van der Waals surface area contributed by atoms with Crippen molar-refractivity contribution in [3.63, 3.8) is 0 Å². The molecule has 3 aromatic rings. The third kappa shape index (κ3) is 6.28. The number of rotatable bonds is 9. The highest BCUT2D eigenvalue weighted by molar-refractivity contribution is 7.88. The number of para-hydroxylation sites is 2. The van der Waals surface area contributed by atoms with Crippen LogP contribution in [0.4, 0.5) is 5.69 Å². The number of anilines is 1. The number of nitrogens with zero attached hydrogens (tertiary/aromatic N) is 2. The molecule has 1 aliphatic heterocycles. The van der Waals surface area contributed by atoms with Crippen LogP contribution in [0.2, 0.25) is 0 Å². The van der Waals surface area contributed by atoms with E-state index in [2.05, 4.69) is 5.32 Å². The SMILES string of the molecule is CCOc1ccccc1NC(=O)[C@H](c1ccccc1)N1CCN(S(=O)(=O)Cc2ccccc2)CC1. The van der Waals surface area contributed by atoms with Crippen LogP contribution in [0.15, 0.2) is 84.9 Å². The van der Waals surface area contributed by atoms with E-state index in [1.54, 1.807) is 0 Å². The van der Waals surface area contributed by atoms with Gasteiger partial charge in [-0.05, 0) is 30.2 Å². The Bertz CT molecular complexity index is 1210. The maximum atomic E-state index is 13.5. The van der Waals surface area contributed by atoms with Crippen LogP contribution in [0.25, 0.3) is 0 Å². The average molecular weight is 494 g/mol. The Morgan fingerprint density at radius 2 is 1.49 bits per heavy atom. The molecule has 8 heteroatoms. The summed E-state index contributed by atoms with van der Waals surface area (Å²) in [4.78, 5) is 15.6. The minimum Gasteiger partial charge on any atom is -0.492 e. The molecular weight excluding hydrogens is 462 g/mol. The fourth-order valence-electron chi connectivity index (χ4n) is 4.33. The van der Waals surface area contributed by atoms with E-state index in [1.165, 1.54) is 4.31 Å². The maximum Gasteiger partial charge on any atom is 0.246 e. The molecule has 1 amide bonds. The number of amides is 1. The van der Waals surface area contributed by atoms with E-state index in [0.717, 1.165) is 11.1 Å². The van der Waals surface area contributed by atoms with Gasteiger partial charge in [-0.2, -0.15) is 4.31 Å². The first-order chi connectivity index (χ1) is 17.0. The molecule has 0 aromatic heterocycles. The third-order valence-corrected chi connectivity index (χ3v) is 7.88. The smallest absolute Gasteiger partial charge is 0.246 e. The van der Waals surface area contributed by atoms with Crippen molar-refractivity contribution in [2.75, 3.05) is 38.1 Å². The third-order valence-electron chi connectivity index (χ3n) is 6.03. The van der Waals surface area contributed by atoms with E-state index in [0.29, 0.717) is 44.2 Å². The van der Waals surface area contributed by atoms with Gasteiger partial charge in [-0.3, -0.25) is 9.69 Å². The number of carbonyl (C=O) groups excluding carboxylic acids is 1. The van der Waals surface area contributed by atoms with Crippen molar-refractivity contribution < 1.29 is 17.9 Å². The Balaban J connectivity index is 1.49. The lowest BCUT2D eigenvalue weighted by molar-refractivity contribution is -0.122. The Morgan fingerprint density at radius 3 is 2.14 bits per heavy atom. The lowest BCUT2D eigenvalue weighted by Gasteiger charge is -2.38. The van der Waals surface area contributed by atoms with Gasteiger partial charge in [-0.25, -0.2) is 8.42 Å². The summed E-state index contributed by atoms with van der Waals surface area (Å²) in [6, 6.07) is 25.6. The normalized spacial score (nSPS) is 15.9. The van der Waals surface area contributed by atoms with Gasteiger partial charge < -0.3 is 10.1 Å². The fourth-order valence-corrected chi connectivity index (χ4v) is 5.85. The topological polar surface area (TPSA) is 79.0 Å². The summed E-state index contributed by atoms with van der Waals surface area (Å²) in [6.45, 7) is 3.97. The first kappa shape index (κ1) is 24.9. The Labute approximate surface area is 207 Å². The first-order valence-corrected chi connectivity index (χ1v) is 13.4. The molecule has 0 saturated carbocycles. The van der Waals surface area contributed by atoms with Gasteiger partial charge in [0.15, 0.2) is 0 Å². The molecule has 7 nitrogen and oxygen atoms in total. The van der Waals surface area contributed by atoms with Crippen LogP contribution in [-0.2, 0) is 20.6 Å². The molecule has 0 radical (unpaired) electrons. The lowest BCUT2D eigenvalue weighted by atomic mass is 10.0. The minimum atomic E-state index is -3.44. The molecule has 0 unspecified atom stereocenters. The summed E-state index contributed by atoms with van der Waals surface area (Å²) >= 11 is 0. The van der Waals surface area contributed by atoms with Crippen molar-refractivity contribution in [1.29, 1.82) is 0 Å². The summed E-state index contributed by atoms with van der Waals surface area (Å²) in [5.41, 5.74) is 2.24. The Kier molecular flexibility index (Phi) is 8.17. The molecule has 3 aromatic carbocycles. The van der Waals surface area contributed by atoms with E-state index >= 15 is 0 Å². The minimum absolute atomic E-state index is 0.0232. The van der Waals surface area contributed by atoms with E-state index in [9.17, 15) is 13.2 Å². The van der Waals surface area contributed by atoms with Crippen LogP contribution in [0.1, 0.15) is 24.1 Å². The molecule has 0 aliphatic carbocycles. The van der Waals surface area contributed by atoms with E-state index < -0.39 is 16.1 Å². The van der Waals surface area contributed by atoms with Crippen LogP contribution in [0.3, 0.4) is 0 Å². The Hall–Kier alpha value is -3.20. The van der Waals surface area contributed by atoms with Crippen LogP contribution >= 0.6 is 0 Å². The molecule has 1 aliphatic rings. The van der Waals surface area contributed by atoms with E-state index in [1.807, 2.05) is 96.8 Å². The maximum absolute atomic E-state index is 13.5. The van der Waals surface area contributed by atoms with Gasteiger partial charge in [0.05, 0.1) is 18.0 Å². The summed E-state index contributed by atoms with van der Waals surface area (Å²) < 4.78 is 33.2. The molecule has 1 N–H and O–H groups in total. The number of piperazine rings is 1. The standard InChI is InChI=1S/C27H31N3O4S/c1-2-34-25-16-10-9-15-24(25)28-27(31)26(23-13-7-4-8-14-23)29-17-19-30(20-18-29)35(32,33)21-22-11-5-3-6-12-22/h3-16,26H,2,17-21H2,1H3,(H,28,31)/t26-/m0/s1. The molecular formula is C27H31N3O4S. The quantitative estimate of drug-likeness (QED) is 0.489. The molecule has 1 atom stereocenters. The molecule has 4 rings (SSSR count). The van der Waals surface area contributed by atoms with Crippen LogP contribution in [0.5, 0.6) is 5.75 Å². The number of hydrogen-bond acceptors (Lipinski definition) is 5. The number of sulfonamides is 1. The van der Waals surface area contributed by atoms with E-state index in [-0.39, 0.29) is 11.7 Å². The van der Waals surface area contributed by atoms with Crippen LogP contribution < -0.4 is 10.1 Å². The van der Waals surface area contributed by atoms with Gasteiger partial charge in [0.2, 0.25) is 15.9 Å². The highest BCUT2D eigenvalue weighted by Crippen LogP contribution is 2.29. The van der Waals surface area contributed by atoms with Crippen molar-refractivity contribution >= 4 is 21.6 Å². The summed E-state index contributed by atoms with van der Waals surface area (Å²) in [5, 5.41) is 3.03. The average Bonchev–Trinajstić information content (AvgIpc) is 2.87. The number of hydrogen-bond donors (Lipinski definition) is 1. The zero-order valence-corrected chi connectivity index (χ0v) is 20.7. The van der Waals surface area contributed by atoms with Crippen molar-refractivity contribution in [2.45, 2.75) is 18.7 Å². The number of ether oxygens (including phenoxy) is 1. The zero-order chi connectivity index (χ0) is 24.7. The van der Waals surface area contributed by atoms with Gasteiger partial charge in [-0.1, -0.05) is 72.8 Å². The highest BCUT2D eigenvalue weighted by atomic mass is 32.2. The van der Waals surface area contributed by atoms with Crippen LogP contribution in [0, 0.1) is 0 Å². The number of carbonyl (C=O) groups is 1. The largest absolute Gasteiger partial charge is 0.492 e. The molecule has 0 spiro atoms. The molecule has 1 saturated heterocycles. The second kappa shape index (κ2) is 11.5. The zero-order valence-electron chi connectivity index (χ0n) is 19.8. The monoisotopic (exact) mass is 493 g/mol. The molecule has 0 bridgehead atoms. The van der Waals surface area contributed by atoms with Crippen molar-refractivity contribution in [2.24, 2.45) is 0 Å². The Morgan fingerprint density at radius 1 is 0.886 bits per heavy atom. The second-order valence-corrected chi connectivity index (χ2v) is 10.4. The van der Waals surface area contributed by atoms with Gasteiger partial charge in [0.25, 0.3) is 0 Å². The van der Waals surface area contributed by atoms with Gasteiger partial charge in [0.1, 0.15) is 11.8 Å². The molecule has 35 heavy (non-hydrogen) atoms. The van der Waals surface area contributed by atoms with E-state index in [4.69, 9.17) is 4.74 Å². The van der Waals surface area contributed by atoms with Crippen molar-refractivity contribution in [3.8, 4) is 5.75 Å². The highest BCUT2D eigenvalue weighted by Gasteiger charge is 2.34. The van der Waals surface area contributed by atoms with Gasteiger partial charge >= 0.3 is 0 Å². The molecule has 1 fully saturated rings. The number of nitrogens with one attached hydrogen (secondary N) is 1. The first-order valence-electron chi connectivity index (χ1n) is 11.8. The number of benzene rings is 3. The molecule has 184 valence electrons.